The van der Waals surface area contributed by atoms with Crippen LogP contribution in [0.2, 0.25) is 0 Å². The lowest BCUT2D eigenvalue weighted by Gasteiger charge is -2.14. The van der Waals surface area contributed by atoms with Crippen molar-refractivity contribution in [3.05, 3.63) is 39.0 Å². The van der Waals surface area contributed by atoms with Crippen LogP contribution in [-0.2, 0) is 12.8 Å². The van der Waals surface area contributed by atoms with Crippen molar-refractivity contribution in [1.82, 2.24) is 4.57 Å². The highest BCUT2D eigenvalue weighted by molar-refractivity contribution is 7.15. The van der Waals surface area contributed by atoms with Gasteiger partial charge in [0.25, 0.3) is 0 Å². The highest BCUT2D eigenvalue weighted by atomic mass is 32.1. The molecule has 110 valence electrons. The highest BCUT2D eigenvalue weighted by Gasteiger charge is 2.24. The van der Waals surface area contributed by atoms with Gasteiger partial charge in [0, 0.05) is 27.4 Å². The summed E-state index contributed by atoms with van der Waals surface area (Å²) in [5.74, 6) is -1.12. The zero-order valence-electron chi connectivity index (χ0n) is 12.1. The van der Waals surface area contributed by atoms with E-state index in [2.05, 4.69) is 0 Å². The summed E-state index contributed by atoms with van der Waals surface area (Å²) < 4.78 is 1.87. The van der Waals surface area contributed by atoms with Crippen LogP contribution in [0.4, 0.5) is 0 Å². The van der Waals surface area contributed by atoms with Crippen molar-refractivity contribution < 1.29 is 14.7 Å². The maximum absolute atomic E-state index is 11.6. The van der Waals surface area contributed by atoms with Crippen molar-refractivity contribution in [2.45, 2.75) is 39.5 Å². The van der Waals surface area contributed by atoms with E-state index < -0.39 is 5.97 Å². The van der Waals surface area contributed by atoms with E-state index in [4.69, 9.17) is 0 Å². The summed E-state index contributed by atoms with van der Waals surface area (Å²) in [6.45, 7) is 3.73. The summed E-state index contributed by atoms with van der Waals surface area (Å²) >= 11 is 1.52. The SMILES string of the molecule is Cc1cc(C=O)c(C)n1-c1sc2c(c1C(=O)[O-])CCCC2. The van der Waals surface area contributed by atoms with Crippen molar-refractivity contribution >= 4 is 23.6 Å². The lowest BCUT2D eigenvalue weighted by Crippen LogP contribution is -2.25. The van der Waals surface area contributed by atoms with Gasteiger partial charge in [0.05, 0.1) is 5.97 Å². The third-order valence-corrected chi connectivity index (χ3v) is 5.43. The summed E-state index contributed by atoms with van der Waals surface area (Å²) in [4.78, 5) is 23.9. The molecule has 0 radical (unpaired) electrons. The topological polar surface area (TPSA) is 62.1 Å². The Morgan fingerprint density at radius 3 is 2.67 bits per heavy atom. The van der Waals surface area contributed by atoms with E-state index in [1.54, 1.807) is 6.07 Å². The minimum absolute atomic E-state index is 0.314. The second-order valence-corrected chi connectivity index (χ2v) is 6.54. The lowest BCUT2D eigenvalue weighted by molar-refractivity contribution is -0.255. The Bertz CT molecular complexity index is 739. The molecule has 0 unspecified atom stereocenters. The van der Waals surface area contributed by atoms with Gasteiger partial charge < -0.3 is 14.5 Å². The molecule has 0 atom stereocenters. The Balaban J connectivity index is 2.28. The average molecular weight is 302 g/mol. The van der Waals surface area contributed by atoms with E-state index in [1.807, 2.05) is 18.4 Å². The zero-order chi connectivity index (χ0) is 15.1. The van der Waals surface area contributed by atoms with Gasteiger partial charge in [-0.05, 0) is 51.2 Å². The number of rotatable bonds is 3. The van der Waals surface area contributed by atoms with Crippen LogP contribution in [0.15, 0.2) is 6.07 Å². The second-order valence-electron chi connectivity index (χ2n) is 5.46. The number of carboxylic acids is 1. The molecule has 0 spiro atoms. The van der Waals surface area contributed by atoms with Gasteiger partial charge >= 0.3 is 0 Å². The summed E-state index contributed by atoms with van der Waals surface area (Å²) in [6, 6.07) is 1.79. The molecule has 0 aromatic carbocycles. The number of aromatic carboxylic acids is 1. The second kappa shape index (κ2) is 5.15. The number of thiophene rings is 1. The van der Waals surface area contributed by atoms with Gasteiger partial charge in [0.1, 0.15) is 5.00 Å². The van der Waals surface area contributed by atoms with Crippen molar-refractivity contribution in [2.24, 2.45) is 0 Å². The van der Waals surface area contributed by atoms with Crippen LogP contribution in [0.5, 0.6) is 0 Å². The summed E-state index contributed by atoms with van der Waals surface area (Å²) in [5, 5.41) is 12.3. The molecule has 4 nitrogen and oxygen atoms in total. The number of aromatic nitrogens is 1. The van der Waals surface area contributed by atoms with Gasteiger partial charge in [-0.3, -0.25) is 4.79 Å². The van der Waals surface area contributed by atoms with Crippen LogP contribution in [0, 0.1) is 13.8 Å². The molecule has 21 heavy (non-hydrogen) atoms. The first-order valence-corrected chi connectivity index (χ1v) is 7.86. The molecule has 2 aromatic rings. The Kier molecular flexibility index (Phi) is 3.45. The third kappa shape index (κ3) is 2.12. The summed E-state index contributed by atoms with van der Waals surface area (Å²) in [7, 11) is 0. The third-order valence-electron chi connectivity index (χ3n) is 4.16. The fourth-order valence-electron chi connectivity index (χ4n) is 3.14. The molecule has 1 aliphatic rings. The number of hydrogen-bond acceptors (Lipinski definition) is 4. The number of aryl methyl sites for hydroxylation is 2. The van der Waals surface area contributed by atoms with Crippen LogP contribution >= 0.6 is 11.3 Å². The average Bonchev–Trinajstić information content (AvgIpc) is 2.95. The number of carboxylic acid groups (broad SMARTS) is 1. The molecular weight excluding hydrogens is 286 g/mol. The van der Waals surface area contributed by atoms with Gasteiger partial charge in [-0.15, -0.1) is 11.3 Å². The molecule has 0 bridgehead atoms. The molecule has 0 amide bonds. The molecule has 0 saturated heterocycles. The molecular formula is C16H16NO3S-. The Hall–Kier alpha value is -1.88. The number of fused-ring (bicyclic) bond motifs is 1. The Labute approximate surface area is 127 Å². The van der Waals surface area contributed by atoms with Gasteiger partial charge in [-0.25, -0.2) is 0 Å². The monoisotopic (exact) mass is 302 g/mol. The molecule has 0 fully saturated rings. The number of carbonyl (C=O) groups is 2. The van der Waals surface area contributed by atoms with Gasteiger partial charge in [0.2, 0.25) is 0 Å². The highest BCUT2D eigenvalue weighted by Crippen LogP contribution is 2.38. The summed E-state index contributed by atoms with van der Waals surface area (Å²) in [5.41, 5.74) is 3.50. The number of hydrogen-bond donors (Lipinski definition) is 0. The van der Waals surface area contributed by atoms with E-state index in [0.717, 1.165) is 53.8 Å². The predicted octanol–water partition coefficient (Wildman–Crippen LogP) is 2.21. The molecule has 5 heteroatoms. The fraction of sp³-hybridized carbons (Fsp3) is 0.375. The minimum atomic E-state index is -1.12. The first-order chi connectivity index (χ1) is 10.0. The quantitative estimate of drug-likeness (QED) is 0.817. The smallest absolute Gasteiger partial charge is 0.151 e. The molecule has 1 aliphatic carbocycles. The fourth-order valence-corrected chi connectivity index (χ4v) is 4.63. The van der Waals surface area contributed by atoms with Gasteiger partial charge in [0.15, 0.2) is 6.29 Å². The number of nitrogens with zero attached hydrogens (tertiary/aromatic N) is 1. The van der Waals surface area contributed by atoms with Crippen molar-refractivity contribution in [3.8, 4) is 5.00 Å². The Morgan fingerprint density at radius 2 is 2.05 bits per heavy atom. The normalized spacial score (nSPS) is 14.0. The molecule has 2 heterocycles. The minimum Gasteiger partial charge on any atom is -0.545 e. The van der Waals surface area contributed by atoms with E-state index in [0.29, 0.717) is 16.1 Å². The van der Waals surface area contributed by atoms with Crippen LogP contribution in [-0.4, -0.2) is 16.8 Å². The van der Waals surface area contributed by atoms with Gasteiger partial charge in [-0.2, -0.15) is 0 Å². The van der Waals surface area contributed by atoms with Crippen LogP contribution < -0.4 is 5.11 Å². The maximum atomic E-state index is 11.6. The molecule has 3 rings (SSSR count). The zero-order valence-corrected chi connectivity index (χ0v) is 12.9. The number of carbonyl (C=O) groups excluding carboxylic acids is 2. The largest absolute Gasteiger partial charge is 0.545 e. The number of aldehydes is 1. The van der Waals surface area contributed by atoms with Gasteiger partial charge in [-0.1, -0.05) is 0 Å². The van der Waals surface area contributed by atoms with E-state index in [1.165, 1.54) is 11.3 Å². The molecule has 0 saturated carbocycles. The predicted molar refractivity (Wildman–Crippen MR) is 79.5 cm³/mol. The molecule has 0 N–H and O–H groups in total. The standard InChI is InChI=1S/C16H17NO3S/c1-9-7-11(8-18)10(2)17(9)15-14(16(19)20)12-5-3-4-6-13(12)21-15/h7-8H,3-6H2,1-2H3,(H,19,20)/p-1. The van der Waals surface area contributed by atoms with Crippen LogP contribution in [0.3, 0.4) is 0 Å². The van der Waals surface area contributed by atoms with Crippen molar-refractivity contribution in [2.75, 3.05) is 0 Å². The first kappa shape index (κ1) is 14.1. The Morgan fingerprint density at radius 1 is 1.33 bits per heavy atom. The molecule has 0 aliphatic heterocycles. The summed E-state index contributed by atoms with van der Waals surface area (Å²) in [6.07, 6.45) is 4.66. The molecule has 2 aromatic heterocycles. The van der Waals surface area contributed by atoms with Crippen molar-refractivity contribution in [3.63, 3.8) is 0 Å². The lowest BCUT2D eigenvalue weighted by atomic mass is 9.95. The first-order valence-electron chi connectivity index (χ1n) is 7.05. The van der Waals surface area contributed by atoms with E-state index in [-0.39, 0.29) is 0 Å². The van der Waals surface area contributed by atoms with E-state index in [9.17, 15) is 14.7 Å². The van der Waals surface area contributed by atoms with Crippen LogP contribution in [0.25, 0.3) is 5.00 Å². The maximum Gasteiger partial charge on any atom is 0.151 e. The van der Waals surface area contributed by atoms with E-state index >= 15 is 0 Å². The van der Waals surface area contributed by atoms with Crippen LogP contribution in [0.1, 0.15) is 55.4 Å². The van der Waals surface area contributed by atoms with Crippen molar-refractivity contribution in [1.29, 1.82) is 0 Å².